The molecule has 0 spiro atoms. The molecule has 144 valence electrons. The predicted octanol–water partition coefficient (Wildman–Crippen LogP) is 1.92. The van der Waals surface area contributed by atoms with Crippen LogP contribution in [0.4, 0.5) is 11.4 Å². The maximum Gasteiger partial charge on any atom is 0.292 e. The first-order valence-electron chi connectivity index (χ1n) is 10.4. The number of carbonyl (C=O) groups excluding carboxylic acids is 2. The maximum atomic E-state index is 13.1. The molecule has 1 atom stereocenters. The van der Waals surface area contributed by atoms with Crippen LogP contribution in [0.1, 0.15) is 44.9 Å². The number of carbonyl (C=O) groups is 2. The van der Waals surface area contributed by atoms with E-state index in [9.17, 15) is 9.59 Å². The lowest BCUT2D eigenvalue weighted by atomic mass is 9.53. The summed E-state index contributed by atoms with van der Waals surface area (Å²) in [6, 6.07) is 7.47. The standard InChI is InChI=1S/C22H29N3O2/c1-24(2)17-3-5-18(6-4-17)25-20(26)10-19(21(25)27)23-22-11-14-7-15(12-22)9-16(8-14)13-22/h3-6,14-16,19,23H,7-13H2,1-2H3/p+1/t14?,15?,16?,19-,22?/m1/s1. The molecule has 1 saturated heterocycles. The number of nitrogens with zero attached hydrogens (tertiary/aromatic N) is 2. The smallest absolute Gasteiger partial charge is 0.292 e. The van der Waals surface area contributed by atoms with E-state index in [4.69, 9.17) is 0 Å². The summed E-state index contributed by atoms with van der Waals surface area (Å²) >= 11 is 0. The van der Waals surface area contributed by atoms with E-state index in [1.165, 1.54) is 43.4 Å². The van der Waals surface area contributed by atoms with Gasteiger partial charge in [0.1, 0.15) is 0 Å². The van der Waals surface area contributed by atoms with Crippen LogP contribution < -0.4 is 15.1 Å². The minimum absolute atomic E-state index is 0.0200. The summed E-state index contributed by atoms with van der Waals surface area (Å²) in [5, 5.41) is 2.33. The van der Waals surface area contributed by atoms with Gasteiger partial charge in [-0.05, 0) is 61.3 Å². The highest BCUT2D eigenvalue weighted by Crippen LogP contribution is 2.54. The molecule has 0 radical (unpaired) electrons. The van der Waals surface area contributed by atoms with Gasteiger partial charge in [0.05, 0.1) is 17.6 Å². The van der Waals surface area contributed by atoms with Crippen molar-refractivity contribution in [3.05, 3.63) is 24.3 Å². The van der Waals surface area contributed by atoms with Crippen molar-refractivity contribution >= 4 is 23.2 Å². The molecule has 5 aliphatic rings. The summed E-state index contributed by atoms with van der Waals surface area (Å²) in [6.45, 7) is 0. The first kappa shape index (κ1) is 17.2. The van der Waals surface area contributed by atoms with Crippen LogP contribution in [0.15, 0.2) is 24.3 Å². The summed E-state index contributed by atoms with van der Waals surface area (Å²) in [5.41, 5.74) is 1.99. The van der Waals surface area contributed by atoms with Crippen LogP contribution in [-0.4, -0.2) is 37.5 Å². The number of benzene rings is 1. The van der Waals surface area contributed by atoms with Gasteiger partial charge in [-0.2, -0.15) is 0 Å². The molecule has 4 saturated carbocycles. The summed E-state index contributed by atoms with van der Waals surface area (Å²) in [6.07, 6.45) is 8.27. The van der Waals surface area contributed by atoms with Gasteiger partial charge in [-0.25, -0.2) is 4.90 Å². The molecule has 5 fully saturated rings. The van der Waals surface area contributed by atoms with E-state index >= 15 is 0 Å². The molecule has 27 heavy (non-hydrogen) atoms. The average molecular weight is 369 g/mol. The van der Waals surface area contributed by atoms with Crippen molar-refractivity contribution in [2.24, 2.45) is 17.8 Å². The van der Waals surface area contributed by atoms with Gasteiger partial charge < -0.3 is 10.2 Å². The molecule has 1 aliphatic heterocycles. The summed E-state index contributed by atoms with van der Waals surface area (Å²) in [4.78, 5) is 29.2. The van der Waals surface area contributed by atoms with Gasteiger partial charge in [-0.1, -0.05) is 0 Å². The molecule has 6 rings (SSSR count). The Morgan fingerprint density at radius 3 is 2.04 bits per heavy atom. The van der Waals surface area contributed by atoms with Gasteiger partial charge >= 0.3 is 0 Å². The lowest BCUT2D eigenvalue weighted by molar-refractivity contribution is -0.755. The van der Waals surface area contributed by atoms with E-state index in [0.717, 1.165) is 23.4 Å². The average Bonchev–Trinajstić information content (AvgIpc) is 2.86. The van der Waals surface area contributed by atoms with E-state index in [2.05, 4.69) is 5.32 Å². The van der Waals surface area contributed by atoms with Crippen LogP contribution in [0.25, 0.3) is 0 Å². The topological polar surface area (TPSA) is 57.2 Å². The van der Waals surface area contributed by atoms with Crippen molar-refractivity contribution in [2.75, 3.05) is 23.9 Å². The zero-order valence-corrected chi connectivity index (χ0v) is 16.4. The van der Waals surface area contributed by atoms with Gasteiger partial charge in [0.2, 0.25) is 5.91 Å². The van der Waals surface area contributed by atoms with Crippen LogP contribution in [0.2, 0.25) is 0 Å². The van der Waals surface area contributed by atoms with Crippen molar-refractivity contribution < 1.29 is 14.9 Å². The van der Waals surface area contributed by atoms with Crippen molar-refractivity contribution in [3.8, 4) is 0 Å². The Bertz CT molecular complexity index is 735. The minimum Gasteiger partial charge on any atom is -0.378 e. The Labute approximate surface area is 161 Å². The van der Waals surface area contributed by atoms with E-state index in [0.29, 0.717) is 12.1 Å². The second-order valence-corrected chi connectivity index (χ2v) is 9.74. The molecule has 1 heterocycles. The highest BCUT2D eigenvalue weighted by Gasteiger charge is 2.56. The molecule has 1 aromatic carbocycles. The zero-order chi connectivity index (χ0) is 18.8. The maximum absolute atomic E-state index is 13.1. The second-order valence-electron chi connectivity index (χ2n) is 9.74. The van der Waals surface area contributed by atoms with Crippen LogP contribution in [-0.2, 0) is 9.59 Å². The SMILES string of the molecule is CN(C)c1ccc(N2C(=O)C[C@@H]([NH2+]C34CC5CC(CC(C5)C3)C4)C2=O)cc1. The van der Waals surface area contributed by atoms with Crippen molar-refractivity contribution in [3.63, 3.8) is 0 Å². The molecule has 2 amide bonds. The van der Waals surface area contributed by atoms with Crippen molar-refractivity contribution in [1.29, 1.82) is 0 Å². The highest BCUT2D eigenvalue weighted by atomic mass is 16.2. The summed E-state index contributed by atoms with van der Waals surface area (Å²) < 4.78 is 0. The zero-order valence-electron chi connectivity index (χ0n) is 16.4. The van der Waals surface area contributed by atoms with E-state index in [1.54, 1.807) is 0 Å². The Hall–Kier alpha value is -1.88. The van der Waals surface area contributed by atoms with E-state index in [1.807, 2.05) is 43.3 Å². The Morgan fingerprint density at radius 1 is 0.963 bits per heavy atom. The molecule has 1 aromatic rings. The Kier molecular flexibility index (Phi) is 3.87. The van der Waals surface area contributed by atoms with Crippen LogP contribution in [0, 0.1) is 17.8 Å². The number of nitrogens with two attached hydrogens (primary N) is 1. The van der Waals surface area contributed by atoms with Gasteiger partial charge in [0.15, 0.2) is 6.04 Å². The third-order valence-corrected chi connectivity index (χ3v) is 7.45. The van der Waals surface area contributed by atoms with Crippen molar-refractivity contribution in [1.82, 2.24) is 0 Å². The first-order valence-corrected chi connectivity index (χ1v) is 10.4. The van der Waals surface area contributed by atoms with Crippen molar-refractivity contribution in [2.45, 2.75) is 56.5 Å². The third kappa shape index (κ3) is 2.87. The number of hydrogen-bond donors (Lipinski definition) is 1. The fourth-order valence-electron chi connectivity index (χ4n) is 6.77. The van der Waals surface area contributed by atoms with Gasteiger partial charge in [0, 0.05) is 39.0 Å². The summed E-state index contributed by atoms with van der Waals surface area (Å²) in [7, 11) is 3.97. The van der Waals surface area contributed by atoms with Crippen LogP contribution >= 0.6 is 0 Å². The number of rotatable bonds is 4. The minimum atomic E-state index is -0.234. The first-order chi connectivity index (χ1) is 12.9. The number of anilines is 2. The molecular weight excluding hydrogens is 338 g/mol. The fraction of sp³-hybridized carbons (Fsp3) is 0.636. The fourth-order valence-corrected chi connectivity index (χ4v) is 6.77. The molecule has 5 nitrogen and oxygen atoms in total. The molecule has 4 bridgehead atoms. The normalized spacial score (nSPS) is 37.3. The van der Waals surface area contributed by atoms with Gasteiger partial charge in [0.25, 0.3) is 5.91 Å². The quantitative estimate of drug-likeness (QED) is 0.826. The number of hydrogen-bond acceptors (Lipinski definition) is 3. The van der Waals surface area contributed by atoms with Gasteiger partial charge in [-0.15, -0.1) is 0 Å². The molecule has 2 N–H and O–H groups in total. The lowest BCUT2D eigenvalue weighted by Crippen LogP contribution is -3.03. The second kappa shape index (κ2) is 6.06. The number of quaternary nitrogens is 1. The summed E-state index contributed by atoms with van der Waals surface area (Å²) in [5.74, 6) is 2.50. The monoisotopic (exact) mass is 368 g/mol. The highest BCUT2D eigenvalue weighted by molar-refractivity contribution is 6.21. The number of imide groups is 1. The van der Waals surface area contributed by atoms with Crippen LogP contribution in [0.3, 0.4) is 0 Å². The largest absolute Gasteiger partial charge is 0.378 e. The van der Waals surface area contributed by atoms with Crippen LogP contribution in [0.5, 0.6) is 0 Å². The van der Waals surface area contributed by atoms with E-state index in [-0.39, 0.29) is 23.4 Å². The molecular formula is C22H30N3O2+. The number of amides is 2. The molecule has 0 unspecified atom stereocenters. The van der Waals surface area contributed by atoms with Gasteiger partial charge in [-0.3, -0.25) is 9.59 Å². The predicted molar refractivity (Wildman–Crippen MR) is 104 cm³/mol. The molecule has 0 aromatic heterocycles. The third-order valence-electron chi connectivity index (χ3n) is 7.45. The Morgan fingerprint density at radius 2 is 1.52 bits per heavy atom. The lowest BCUT2D eigenvalue weighted by Gasteiger charge is -2.55. The molecule has 5 heteroatoms. The Balaban J connectivity index is 1.34. The molecule has 4 aliphatic carbocycles. The van der Waals surface area contributed by atoms with E-state index < -0.39 is 0 Å².